The van der Waals surface area contributed by atoms with Crippen LogP contribution in [0.3, 0.4) is 0 Å². The van der Waals surface area contributed by atoms with Gasteiger partial charge in [-0.1, -0.05) is 119 Å². The van der Waals surface area contributed by atoms with Crippen LogP contribution in [0.5, 0.6) is 0 Å². The summed E-state index contributed by atoms with van der Waals surface area (Å²) in [5.41, 5.74) is 0.418. The molecule has 200 valence electrons. The molecule has 0 bridgehead atoms. The van der Waals surface area contributed by atoms with Gasteiger partial charge in [0.05, 0.1) is 0 Å². The Labute approximate surface area is 222 Å². The number of carbonyl (C=O) groups excluding carboxylic acids is 2. The van der Waals surface area contributed by atoms with Crippen LogP contribution in [0.15, 0.2) is 91.0 Å². The Morgan fingerprint density at radius 1 is 0.703 bits per heavy atom. The molecule has 0 heterocycles. The second kappa shape index (κ2) is 16.6. The summed E-state index contributed by atoms with van der Waals surface area (Å²) in [7, 11) is 0. The first-order chi connectivity index (χ1) is 17.4. The molecule has 0 saturated carbocycles. The van der Waals surface area contributed by atoms with Gasteiger partial charge in [0, 0.05) is 24.3 Å². The minimum absolute atomic E-state index is 0.247. The highest BCUT2D eigenvalue weighted by atomic mass is 16.5. The van der Waals surface area contributed by atoms with E-state index in [4.69, 9.17) is 4.74 Å². The van der Waals surface area contributed by atoms with Gasteiger partial charge in [0.15, 0.2) is 11.6 Å². The number of benzene rings is 3. The van der Waals surface area contributed by atoms with Crippen LogP contribution in [0.25, 0.3) is 0 Å². The number of carbonyl (C=O) groups is 2. The molecular weight excluding hydrogens is 464 g/mol. The van der Waals surface area contributed by atoms with E-state index in [1.807, 2.05) is 18.2 Å². The quantitative estimate of drug-likeness (QED) is 0.321. The van der Waals surface area contributed by atoms with E-state index in [-0.39, 0.29) is 11.6 Å². The molecule has 3 rings (SSSR count). The van der Waals surface area contributed by atoms with Crippen LogP contribution in [0, 0.1) is 11.8 Å². The number of aliphatic hydroxyl groups is 2. The van der Waals surface area contributed by atoms with Gasteiger partial charge in [-0.15, -0.1) is 0 Å². The Morgan fingerprint density at radius 2 is 1.08 bits per heavy atom. The van der Waals surface area contributed by atoms with Gasteiger partial charge in [-0.2, -0.15) is 0 Å². The van der Waals surface area contributed by atoms with Gasteiger partial charge < -0.3 is 14.9 Å². The molecule has 5 nitrogen and oxygen atoms in total. The Hall–Kier alpha value is -3.12. The maximum atomic E-state index is 11.9. The van der Waals surface area contributed by atoms with E-state index < -0.39 is 11.7 Å². The maximum Gasteiger partial charge on any atom is 0.195 e. The third kappa shape index (κ3) is 13.1. The molecule has 3 aromatic rings. The minimum Gasteiger partial charge on any atom is -0.382 e. The second-order valence-electron chi connectivity index (χ2n) is 10.1. The molecule has 0 amide bonds. The average molecular weight is 507 g/mol. The molecule has 0 saturated heterocycles. The highest BCUT2D eigenvalue weighted by molar-refractivity contribution is 6.01. The van der Waals surface area contributed by atoms with Gasteiger partial charge in [0.2, 0.25) is 0 Å². The molecule has 0 aliphatic rings. The van der Waals surface area contributed by atoms with E-state index in [9.17, 15) is 19.8 Å². The van der Waals surface area contributed by atoms with Crippen molar-refractivity contribution in [2.24, 2.45) is 11.8 Å². The van der Waals surface area contributed by atoms with Crippen LogP contribution < -0.4 is 0 Å². The number of rotatable bonds is 9. The fourth-order valence-corrected chi connectivity index (χ4v) is 3.03. The zero-order valence-corrected chi connectivity index (χ0v) is 22.9. The van der Waals surface area contributed by atoms with Crippen LogP contribution in [0.2, 0.25) is 0 Å². The zero-order chi connectivity index (χ0) is 27.8. The topological polar surface area (TPSA) is 83.8 Å². The number of hydrogen-bond donors (Lipinski definition) is 2. The van der Waals surface area contributed by atoms with E-state index >= 15 is 0 Å². The first-order valence-corrected chi connectivity index (χ1v) is 12.7. The summed E-state index contributed by atoms with van der Waals surface area (Å²) in [6, 6.07) is 26.5. The smallest absolute Gasteiger partial charge is 0.195 e. The van der Waals surface area contributed by atoms with Gasteiger partial charge in [-0.3, -0.25) is 9.59 Å². The number of Topliss-reactive ketones (excluding diaryl/α,β-unsaturated/α-hetero) is 2. The standard InChI is InChI=1S/C14H12O2.C10H12O2.C8H18O/c15-13(11-7-3-1-4-8-11)14(16)12-9-5-2-6-10-12;1-10(2,12)9(11)8-6-4-3-5-7-8;1-7(2)5-9-6-8(3)4/h1-10,13,15H;3-7,12H,1-2H3;7-8H,5-6H2,1-4H3. The molecule has 2 N–H and O–H groups in total. The van der Waals surface area contributed by atoms with E-state index in [0.717, 1.165) is 13.2 Å². The van der Waals surface area contributed by atoms with Crippen molar-refractivity contribution >= 4 is 11.6 Å². The van der Waals surface area contributed by atoms with E-state index in [1.165, 1.54) is 13.8 Å². The third-order valence-corrected chi connectivity index (χ3v) is 4.92. The molecule has 0 aromatic heterocycles. The molecule has 3 aromatic carbocycles. The SMILES string of the molecule is CC(C)(O)C(=O)c1ccccc1.CC(C)COCC(C)C.O=C(c1ccccc1)C(O)c1ccccc1. The summed E-state index contributed by atoms with van der Waals surface area (Å²) in [6.07, 6.45) is -1.08. The van der Waals surface area contributed by atoms with Gasteiger partial charge in [-0.05, 0) is 31.2 Å². The molecule has 0 radical (unpaired) electrons. The lowest BCUT2D eigenvalue weighted by Crippen LogP contribution is -2.30. The van der Waals surface area contributed by atoms with E-state index in [0.29, 0.717) is 28.5 Å². The van der Waals surface area contributed by atoms with Crippen LogP contribution in [-0.2, 0) is 4.74 Å². The van der Waals surface area contributed by atoms with E-state index in [2.05, 4.69) is 27.7 Å². The Bertz CT molecular complexity index is 1020. The van der Waals surface area contributed by atoms with Crippen molar-refractivity contribution in [3.63, 3.8) is 0 Å². The predicted molar refractivity (Wildman–Crippen MR) is 150 cm³/mol. The van der Waals surface area contributed by atoms with Gasteiger partial charge >= 0.3 is 0 Å². The molecule has 0 aliphatic heterocycles. The monoisotopic (exact) mass is 506 g/mol. The number of aliphatic hydroxyl groups excluding tert-OH is 1. The van der Waals surface area contributed by atoms with Crippen molar-refractivity contribution in [3.8, 4) is 0 Å². The van der Waals surface area contributed by atoms with Crippen molar-refractivity contribution in [1.29, 1.82) is 0 Å². The molecule has 5 heteroatoms. The van der Waals surface area contributed by atoms with Crippen LogP contribution in [0.4, 0.5) is 0 Å². The van der Waals surface area contributed by atoms with E-state index in [1.54, 1.807) is 72.8 Å². The van der Waals surface area contributed by atoms with Crippen LogP contribution in [-0.4, -0.2) is 40.6 Å². The van der Waals surface area contributed by atoms with Gasteiger partial charge in [0.25, 0.3) is 0 Å². The lowest BCUT2D eigenvalue weighted by Gasteiger charge is -2.14. The van der Waals surface area contributed by atoms with Crippen molar-refractivity contribution in [2.75, 3.05) is 13.2 Å². The fourth-order valence-electron chi connectivity index (χ4n) is 3.03. The summed E-state index contributed by atoms with van der Waals surface area (Å²) in [4.78, 5) is 23.3. The number of hydrogen-bond acceptors (Lipinski definition) is 5. The maximum absolute atomic E-state index is 11.9. The molecule has 0 aliphatic carbocycles. The molecule has 1 atom stereocenters. The number of ether oxygens (including phenoxy) is 1. The third-order valence-electron chi connectivity index (χ3n) is 4.92. The highest BCUT2D eigenvalue weighted by Gasteiger charge is 2.24. The fraction of sp³-hybridized carbons (Fsp3) is 0.375. The Morgan fingerprint density at radius 3 is 1.46 bits per heavy atom. The molecule has 1 unspecified atom stereocenters. The Balaban J connectivity index is 0.000000291. The highest BCUT2D eigenvalue weighted by Crippen LogP contribution is 2.17. The van der Waals surface area contributed by atoms with Crippen molar-refractivity contribution in [3.05, 3.63) is 108 Å². The second-order valence-corrected chi connectivity index (χ2v) is 10.1. The minimum atomic E-state index is -1.28. The molecule has 37 heavy (non-hydrogen) atoms. The predicted octanol–water partition coefficient (Wildman–Crippen LogP) is 6.56. The van der Waals surface area contributed by atoms with Crippen molar-refractivity contribution < 1.29 is 24.5 Å². The normalized spacial score (nSPS) is 11.6. The summed E-state index contributed by atoms with van der Waals surface area (Å²) in [5, 5.41) is 19.3. The average Bonchev–Trinajstić information content (AvgIpc) is 2.88. The summed E-state index contributed by atoms with van der Waals surface area (Å²) in [5.74, 6) is 0.822. The molecule has 0 spiro atoms. The first-order valence-electron chi connectivity index (χ1n) is 12.7. The lowest BCUT2D eigenvalue weighted by atomic mass is 9.97. The van der Waals surface area contributed by atoms with Crippen molar-refractivity contribution in [2.45, 2.75) is 53.2 Å². The first kappa shape index (κ1) is 31.9. The Kier molecular flexibility index (Phi) is 14.3. The van der Waals surface area contributed by atoms with Crippen LogP contribution >= 0.6 is 0 Å². The summed E-state index contributed by atoms with van der Waals surface area (Å²) >= 11 is 0. The largest absolute Gasteiger partial charge is 0.382 e. The molecular formula is C32H42O5. The lowest BCUT2D eigenvalue weighted by molar-refractivity contribution is 0.0488. The summed E-state index contributed by atoms with van der Waals surface area (Å²) < 4.78 is 5.36. The zero-order valence-electron chi connectivity index (χ0n) is 22.9. The van der Waals surface area contributed by atoms with Crippen LogP contribution in [0.1, 0.15) is 73.9 Å². The van der Waals surface area contributed by atoms with Crippen molar-refractivity contribution in [1.82, 2.24) is 0 Å². The molecule has 0 fully saturated rings. The summed E-state index contributed by atoms with van der Waals surface area (Å²) in [6.45, 7) is 13.4. The van der Waals surface area contributed by atoms with Gasteiger partial charge in [-0.25, -0.2) is 0 Å². The number of ketones is 2. The van der Waals surface area contributed by atoms with Gasteiger partial charge in [0.1, 0.15) is 11.7 Å².